The Morgan fingerprint density at radius 2 is 1.83 bits per heavy atom. The molecule has 0 N–H and O–H groups in total. The van der Waals surface area contributed by atoms with Crippen LogP contribution in [0.15, 0.2) is 47.6 Å². The number of sulfonamides is 1. The van der Waals surface area contributed by atoms with Crippen molar-refractivity contribution in [3.63, 3.8) is 0 Å². The summed E-state index contributed by atoms with van der Waals surface area (Å²) >= 11 is 5.66. The fourth-order valence-corrected chi connectivity index (χ4v) is 3.55. The van der Waals surface area contributed by atoms with Gasteiger partial charge in [0.2, 0.25) is 0 Å². The average molecular weight is 365 g/mol. The number of rotatable bonds is 4. The average Bonchev–Trinajstić information content (AvgIpc) is 2.47. The lowest BCUT2D eigenvalue weighted by Gasteiger charge is -2.25. The van der Waals surface area contributed by atoms with Crippen LogP contribution in [0.2, 0.25) is 5.02 Å². The standard InChI is InChI=1S/C14H12ClF3N2O2S/c1-2-20(12-6-4-3-5-11(12)14(16,17)18)23(21,22)13-8-7-10(15)9-19-13/h3-9H,2H2,1H3. The fourth-order valence-electron chi connectivity index (χ4n) is 2.03. The highest BCUT2D eigenvalue weighted by molar-refractivity contribution is 7.92. The van der Waals surface area contributed by atoms with Gasteiger partial charge in [-0.05, 0) is 31.2 Å². The van der Waals surface area contributed by atoms with E-state index in [9.17, 15) is 21.6 Å². The second kappa shape index (κ2) is 6.37. The number of aromatic nitrogens is 1. The third-order valence-electron chi connectivity index (χ3n) is 3.02. The molecule has 0 fully saturated rings. The molecule has 0 aliphatic rings. The zero-order valence-corrected chi connectivity index (χ0v) is 13.5. The molecule has 0 radical (unpaired) electrons. The molecule has 1 aromatic carbocycles. The minimum Gasteiger partial charge on any atom is -0.265 e. The van der Waals surface area contributed by atoms with Gasteiger partial charge in [0.1, 0.15) is 0 Å². The van der Waals surface area contributed by atoms with Crippen LogP contribution in [0.25, 0.3) is 0 Å². The molecule has 1 heterocycles. The van der Waals surface area contributed by atoms with Gasteiger partial charge in [0.15, 0.2) is 5.03 Å². The monoisotopic (exact) mass is 364 g/mol. The van der Waals surface area contributed by atoms with Crippen LogP contribution in [0.4, 0.5) is 18.9 Å². The van der Waals surface area contributed by atoms with Gasteiger partial charge in [-0.3, -0.25) is 4.31 Å². The lowest BCUT2D eigenvalue weighted by atomic mass is 10.1. The number of hydrogen-bond donors (Lipinski definition) is 0. The Morgan fingerprint density at radius 3 is 2.35 bits per heavy atom. The van der Waals surface area contributed by atoms with Gasteiger partial charge in [-0.25, -0.2) is 4.98 Å². The zero-order valence-electron chi connectivity index (χ0n) is 11.9. The predicted octanol–water partition coefficient (Wildman–Crippen LogP) is 3.97. The third-order valence-corrected chi connectivity index (χ3v) is 5.05. The molecule has 0 aliphatic heterocycles. The second-order valence-corrected chi connectivity index (χ2v) is 6.74. The Hall–Kier alpha value is -1.80. The van der Waals surface area contributed by atoms with Crippen molar-refractivity contribution in [2.24, 2.45) is 0 Å². The van der Waals surface area contributed by atoms with Gasteiger partial charge in [-0.15, -0.1) is 0 Å². The fraction of sp³-hybridized carbons (Fsp3) is 0.214. The first-order valence-electron chi connectivity index (χ1n) is 6.48. The highest BCUT2D eigenvalue weighted by atomic mass is 35.5. The topological polar surface area (TPSA) is 50.3 Å². The summed E-state index contributed by atoms with van der Waals surface area (Å²) < 4.78 is 65.3. The molecule has 0 atom stereocenters. The van der Waals surface area contributed by atoms with Crippen LogP contribution in [0.3, 0.4) is 0 Å². The summed E-state index contributed by atoms with van der Waals surface area (Å²) in [5.41, 5.74) is -1.47. The molecule has 23 heavy (non-hydrogen) atoms. The van der Waals surface area contributed by atoms with E-state index in [1.807, 2.05) is 0 Å². The molecule has 0 unspecified atom stereocenters. The molecule has 1 aromatic heterocycles. The summed E-state index contributed by atoms with van der Waals surface area (Å²) in [6.45, 7) is 1.26. The van der Waals surface area contributed by atoms with E-state index >= 15 is 0 Å². The normalized spacial score (nSPS) is 12.2. The van der Waals surface area contributed by atoms with E-state index in [2.05, 4.69) is 4.98 Å². The summed E-state index contributed by atoms with van der Waals surface area (Å²) in [4.78, 5) is 3.69. The van der Waals surface area contributed by atoms with Gasteiger partial charge in [-0.1, -0.05) is 23.7 Å². The SMILES string of the molecule is CCN(c1ccccc1C(F)(F)F)S(=O)(=O)c1ccc(Cl)cn1. The first-order valence-corrected chi connectivity index (χ1v) is 8.30. The largest absolute Gasteiger partial charge is 0.418 e. The minimum atomic E-state index is -4.67. The number of para-hydroxylation sites is 1. The van der Waals surface area contributed by atoms with E-state index in [0.29, 0.717) is 4.31 Å². The number of hydrogen-bond acceptors (Lipinski definition) is 3. The number of benzene rings is 1. The van der Waals surface area contributed by atoms with Crippen molar-refractivity contribution in [1.29, 1.82) is 0 Å². The van der Waals surface area contributed by atoms with Crippen LogP contribution >= 0.6 is 11.6 Å². The van der Waals surface area contributed by atoms with Crippen LogP contribution in [0, 0.1) is 0 Å². The minimum absolute atomic E-state index is 0.181. The van der Waals surface area contributed by atoms with E-state index in [0.717, 1.165) is 24.4 Å². The maximum atomic E-state index is 13.1. The molecule has 0 saturated heterocycles. The molecule has 9 heteroatoms. The van der Waals surface area contributed by atoms with Gasteiger partial charge < -0.3 is 0 Å². The second-order valence-electron chi connectivity index (χ2n) is 4.50. The van der Waals surface area contributed by atoms with Crippen LogP contribution in [0.5, 0.6) is 0 Å². The number of alkyl halides is 3. The highest BCUT2D eigenvalue weighted by Crippen LogP contribution is 2.38. The predicted molar refractivity (Wildman–Crippen MR) is 80.9 cm³/mol. The molecule has 0 aliphatic carbocycles. The zero-order chi connectivity index (χ0) is 17.3. The maximum absolute atomic E-state index is 13.1. The van der Waals surface area contributed by atoms with Gasteiger partial charge in [-0.2, -0.15) is 21.6 Å². The number of pyridine rings is 1. The van der Waals surface area contributed by atoms with Gasteiger partial charge in [0.05, 0.1) is 16.3 Å². The van der Waals surface area contributed by atoms with Crippen molar-refractivity contribution in [1.82, 2.24) is 4.98 Å². The van der Waals surface area contributed by atoms with E-state index in [1.54, 1.807) is 0 Å². The lowest BCUT2D eigenvalue weighted by Crippen LogP contribution is -2.33. The highest BCUT2D eigenvalue weighted by Gasteiger charge is 2.37. The van der Waals surface area contributed by atoms with Crippen LogP contribution in [0.1, 0.15) is 12.5 Å². The third kappa shape index (κ3) is 3.59. The molecule has 0 amide bonds. The van der Waals surface area contributed by atoms with Crippen molar-refractivity contribution < 1.29 is 21.6 Å². The van der Waals surface area contributed by atoms with Crippen LogP contribution in [-0.4, -0.2) is 19.9 Å². The molecule has 124 valence electrons. The molecule has 0 spiro atoms. The molecular formula is C14H12ClF3N2O2S. The summed E-state index contributed by atoms with van der Waals surface area (Å²) in [6, 6.07) is 6.95. The molecule has 0 saturated carbocycles. The van der Waals surface area contributed by atoms with E-state index < -0.39 is 27.5 Å². The van der Waals surface area contributed by atoms with Crippen LogP contribution in [-0.2, 0) is 16.2 Å². The quantitative estimate of drug-likeness (QED) is 0.824. The molecule has 4 nitrogen and oxygen atoms in total. The summed E-state index contributed by atoms with van der Waals surface area (Å²) in [5.74, 6) is 0. The number of nitrogens with zero attached hydrogens (tertiary/aromatic N) is 2. The van der Waals surface area contributed by atoms with E-state index in [4.69, 9.17) is 11.6 Å². The summed E-state index contributed by atoms with van der Waals surface area (Å²) in [7, 11) is -4.24. The molecule has 2 rings (SSSR count). The number of anilines is 1. The van der Waals surface area contributed by atoms with Crippen molar-refractivity contribution in [2.75, 3.05) is 10.8 Å². The smallest absolute Gasteiger partial charge is 0.265 e. The first kappa shape index (κ1) is 17.6. The summed E-state index contributed by atoms with van der Waals surface area (Å²) in [5, 5.41) is -0.150. The molecule has 0 bridgehead atoms. The van der Waals surface area contributed by atoms with E-state index in [-0.39, 0.29) is 16.6 Å². The van der Waals surface area contributed by atoms with Gasteiger partial charge in [0, 0.05) is 12.7 Å². The lowest BCUT2D eigenvalue weighted by molar-refractivity contribution is -0.137. The Labute approximate surface area is 136 Å². The van der Waals surface area contributed by atoms with Crippen molar-refractivity contribution >= 4 is 27.3 Å². The van der Waals surface area contributed by atoms with Crippen molar-refractivity contribution in [3.05, 3.63) is 53.2 Å². The Morgan fingerprint density at radius 1 is 1.17 bits per heavy atom. The van der Waals surface area contributed by atoms with Gasteiger partial charge >= 0.3 is 6.18 Å². The van der Waals surface area contributed by atoms with Crippen LogP contribution < -0.4 is 4.31 Å². The summed E-state index contributed by atoms with van der Waals surface area (Å²) in [6.07, 6.45) is -3.55. The number of halogens is 4. The Balaban J connectivity index is 2.59. The Bertz CT molecular complexity index is 792. The van der Waals surface area contributed by atoms with Gasteiger partial charge in [0.25, 0.3) is 10.0 Å². The molecular weight excluding hydrogens is 353 g/mol. The van der Waals surface area contributed by atoms with Crippen molar-refractivity contribution in [2.45, 2.75) is 18.1 Å². The van der Waals surface area contributed by atoms with Crippen molar-refractivity contribution in [3.8, 4) is 0 Å². The molecule has 2 aromatic rings. The van der Waals surface area contributed by atoms with E-state index in [1.165, 1.54) is 25.1 Å². The first-order chi connectivity index (χ1) is 10.7. The Kier molecular flexibility index (Phi) is 4.86. The maximum Gasteiger partial charge on any atom is 0.418 e.